The highest BCUT2D eigenvalue weighted by Crippen LogP contribution is 2.33. The van der Waals surface area contributed by atoms with Crippen LogP contribution >= 0.6 is 0 Å². The number of aromatic nitrogens is 2. The molecule has 0 saturated carbocycles. The fourth-order valence-electron chi connectivity index (χ4n) is 4.96. The summed E-state index contributed by atoms with van der Waals surface area (Å²) in [6.07, 6.45) is -7.34. The van der Waals surface area contributed by atoms with Crippen LogP contribution in [0, 0.1) is 12.1 Å². The van der Waals surface area contributed by atoms with Crippen LogP contribution in [0.3, 0.4) is 0 Å². The first-order valence-electron chi connectivity index (χ1n) is 15.2. The Morgan fingerprint density at radius 1 is 1.04 bits per heavy atom. The highest BCUT2D eigenvalue weighted by Gasteiger charge is 2.40. The van der Waals surface area contributed by atoms with E-state index in [-0.39, 0.29) is 40.6 Å². The molecule has 2 heterocycles. The van der Waals surface area contributed by atoms with Crippen LogP contribution in [0.2, 0.25) is 0 Å². The lowest BCUT2D eigenvalue weighted by atomic mass is 10.1. The molecular formula is C32H30F3N7O8S. The van der Waals surface area contributed by atoms with Crippen LogP contribution in [0.5, 0.6) is 0 Å². The number of carbonyl (C=O) groups excluding carboxylic acids is 3. The number of rotatable bonds is 12. The van der Waals surface area contributed by atoms with Gasteiger partial charge in [0.25, 0.3) is 21.8 Å². The van der Waals surface area contributed by atoms with Gasteiger partial charge in [0.05, 0.1) is 38.9 Å². The van der Waals surface area contributed by atoms with E-state index < -0.39 is 57.5 Å². The van der Waals surface area contributed by atoms with E-state index >= 15 is 0 Å². The number of fused-ring (bicyclic) bond motifs is 1. The Hall–Kier alpha value is -5.98. The molecule has 1 atom stereocenters. The first kappa shape index (κ1) is 36.3. The van der Waals surface area contributed by atoms with Crippen LogP contribution in [0.25, 0.3) is 16.9 Å². The number of amides is 3. The van der Waals surface area contributed by atoms with Crippen LogP contribution < -0.4 is 4.72 Å². The molecule has 1 aliphatic heterocycles. The summed E-state index contributed by atoms with van der Waals surface area (Å²) < 4.78 is 74.0. The summed E-state index contributed by atoms with van der Waals surface area (Å²) in [5.41, 5.74) is 0.816. The zero-order valence-electron chi connectivity index (χ0n) is 27.2. The molecule has 0 aliphatic carbocycles. The fourth-order valence-corrected chi connectivity index (χ4v) is 5.86. The van der Waals surface area contributed by atoms with Crippen LogP contribution in [0.1, 0.15) is 45.8 Å². The second kappa shape index (κ2) is 14.5. The summed E-state index contributed by atoms with van der Waals surface area (Å²) in [4.78, 5) is 43.1. The average molecular weight is 730 g/mol. The predicted octanol–water partition coefficient (Wildman–Crippen LogP) is 5.05. The number of likely N-dealkylation sites (N-methyl/N-ethyl adjacent to an activating group) is 1. The molecule has 3 aromatic carbocycles. The van der Waals surface area contributed by atoms with E-state index in [1.165, 1.54) is 31.2 Å². The van der Waals surface area contributed by atoms with Crippen molar-refractivity contribution in [1.29, 1.82) is 0 Å². The highest BCUT2D eigenvalue weighted by atomic mass is 32.2. The van der Waals surface area contributed by atoms with Gasteiger partial charge >= 0.3 is 12.3 Å². The van der Waals surface area contributed by atoms with E-state index in [0.717, 1.165) is 38.4 Å². The fraction of sp³-hybridized carbons (Fsp3) is 0.250. The first-order chi connectivity index (χ1) is 24.1. The minimum absolute atomic E-state index is 0.0236. The van der Waals surface area contributed by atoms with Gasteiger partial charge in [0.1, 0.15) is 13.2 Å². The van der Waals surface area contributed by atoms with Gasteiger partial charge in [0.15, 0.2) is 5.69 Å². The normalized spacial score (nSPS) is 13.9. The second-order valence-electron chi connectivity index (χ2n) is 11.0. The van der Waals surface area contributed by atoms with Crippen LogP contribution in [0.4, 0.5) is 18.0 Å². The number of benzene rings is 3. The largest absolute Gasteiger partial charge is 0.569 e. The number of halogens is 3. The number of hydrogen-bond donors (Lipinski definition) is 1. The van der Waals surface area contributed by atoms with Crippen LogP contribution in [-0.2, 0) is 25.8 Å². The third kappa shape index (κ3) is 7.93. The summed E-state index contributed by atoms with van der Waals surface area (Å²) in [6.45, 7) is 4.05. The van der Waals surface area contributed by atoms with Crippen LogP contribution in [-0.4, -0.2) is 76.9 Å². The Bertz CT molecular complexity index is 2050. The lowest BCUT2D eigenvalue weighted by molar-refractivity contribution is -0.712. The molecule has 4 aromatic rings. The van der Waals surface area contributed by atoms with E-state index in [0.29, 0.717) is 5.56 Å². The Balaban J connectivity index is 1.17. The number of nitrogens with one attached hydrogen (secondary N) is 1. The molecule has 0 radical (unpaired) electrons. The van der Waals surface area contributed by atoms with Gasteiger partial charge in [-0.1, -0.05) is 42.0 Å². The first-order valence-corrected chi connectivity index (χ1v) is 16.7. The SMILES string of the molecule is CCN(CCOC(=O)NS(=O)(=O)c1ccc(-n2nc(C(F)(F)F)cc2-c2ccc(C)cc2)cc1)/[N+]([O-])=N/OC(C)N1C(=O)c2ccccc2C1=O. The minimum Gasteiger partial charge on any atom is -0.569 e. The van der Waals surface area contributed by atoms with Crippen molar-refractivity contribution in [3.8, 4) is 16.9 Å². The van der Waals surface area contributed by atoms with E-state index in [9.17, 15) is 41.2 Å². The Morgan fingerprint density at radius 2 is 1.65 bits per heavy atom. The Morgan fingerprint density at radius 3 is 2.22 bits per heavy atom. The topological polar surface area (TPSA) is 179 Å². The molecule has 1 aromatic heterocycles. The number of ether oxygens (including phenoxy) is 1. The molecule has 0 bridgehead atoms. The summed E-state index contributed by atoms with van der Waals surface area (Å²) in [5.74, 6) is -1.23. The zero-order valence-corrected chi connectivity index (χ0v) is 28.0. The molecule has 0 saturated heterocycles. The van der Waals surface area contributed by atoms with Crippen molar-refractivity contribution in [1.82, 2.24) is 24.4 Å². The number of carbonyl (C=O) groups is 3. The molecule has 0 spiro atoms. The van der Waals surface area contributed by atoms with Gasteiger partial charge in [-0.25, -0.2) is 27.5 Å². The maximum Gasteiger partial charge on any atom is 0.435 e. The van der Waals surface area contributed by atoms with E-state index in [1.807, 2.05) is 6.92 Å². The smallest absolute Gasteiger partial charge is 0.435 e. The molecule has 1 aliphatic rings. The molecular weight excluding hydrogens is 699 g/mol. The van der Waals surface area contributed by atoms with Crippen molar-refractivity contribution in [3.63, 3.8) is 0 Å². The quantitative estimate of drug-likeness (QED) is 0.0898. The van der Waals surface area contributed by atoms with E-state index in [2.05, 4.69) is 10.4 Å². The summed E-state index contributed by atoms with van der Waals surface area (Å²) in [6, 6.07) is 18.4. The third-order valence-corrected chi connectivity index (χ3v) is 8.93. The maximum absolute atomic E-state index is 13.5. The van der Waals surface area contributed by atoms with Crippen molar-refractivity contribution in [2.24, 2.45) is 5.28 Å². The number of nitrogens with zero attached hydrogens (tertiary/aromatic N) is 6. The Labute approximate surface area is 289 Å². The van der Waals surface area contributed by atoms with Crippen LogP contribution in [0.15, 0.2) is 89.0 Å². The standard InChI is InChI=1S/C32H30F3N7O8S/c1-4-39(42(46)38-50-21(3)40-29(43)25-7-5-6-8-26(25)30(40)44)17-18-49-31(45)37-51(47,48)24-15-13-23(14-16-24)41-27(19-28(36-41)32(33,34)35)22-11-9-20(2)10-12-22/h5-16,19,21H,4,17-18H2,1-3H3,(H,37,45)/b42-38-. The molecule has 268 valence electrons. The van der Waals surface area contributed by atoms with Gasteiger partial charge in [-0.05, 0) is 63.2 Å². The number of hydrogen-bond acceptors (Lipinski definition) is 10. The summed E-state index contributed by atoms with van der Waals surface area (Å²) in [7, 11) is -4.49. The molecule has 3 amide bonds. The van der Waals surface area contributed by atoms with E-state index in [1.54, 1.807) is 48.0 Å². The maximum atomic E-state index is 13.5. The Kier molecular flexibility index (Phi) is 10.3. The molecule has 15 nitrogen and oxygen atoms in total. The molecule has 51 heavy (non-hydrogen) atoms. The molecule has 0 fully saturated rings. The van der Waals surface area contributed by atoms with Crippen molar-refractivity contribution in [2.75, 3.05) is 19.7 Å². The second-order valence-corrected chi connectivity index (χ2v) is 12.7. The van der Waals surface area contributed by atoms with Crippen molar-refractivity contribution >= 4 is 27.9 Å². The number of imide groups is 1. The number of hydrazine groups is 1. The number of aryl methyl sites for hydroxylation is 1. The van der Waals surface area contributed by atoms with Crippen molar-refractivity contribution < 1.29 is 50.5 Å². The zero-order chi connectivity index (χ0) is 37.1. The van der Waals surface area contributed by atoms with Gasteiger partial charge in [0.2, 0.25) is 11.5 Å². The molecule has 1 N–H and O–H groups in total. The molecule has 19 heteroatoms. The summed E-state index contributed by atoms with van der Waals surface area (Å²) >= 11 is 0. The third-order valence-electron chi connectivity index (χ3n) is 7.60. The molecule has 1 unspecified atom stereocenters. The van der Waals surface area contributed by atoms with Gasteiger partial charge in [-0.2, -0.15) is 18.3 Å². The monoisotopic (exact) mass is 729 g/mol. The van der Waals surface area contributed by atoms with Gasteiger partial charge < -0.3 is 14.8 Å². The summed E-state index contributed by atoms with van der Waals surface area (Å²) in [5, 5.41) is 20.6. The highest BCUT2D eigenvalue weighted by molar-refractivity contribution is 7.90. The number of alkyl halides is 3. The van der Waals surface area contributed by atoms with Crippen molar-refractivity contribution in [3.05, 3.63) is 106 Å². The molecule has 5 rings (SSSR count). The minimum atomic E-state index is -4.73. The predicted molar refractivity (Wildman–Crippen MR) is 171 cm³/mol. The average Bonchev–Trinajstić information content (AvgIpc) is 3.65. The van der Waals surface area contributed by atoms with Gasteiger partial charge in [-0.15, -0.1) is 5.01 Å². The number of sulfonamides is 1. The van der Waals surface area contributed by atoms with Gasteiger partial charge in [-0.3, -0.25) is 9.59 Å². The van der Waals surface area contributed by atoms with Gasteiger partial charge in [0, 0.05) is 5.56 Å². The lowest BCUT2D eigenvalue weighted by Gasteiger charge is -2.20. The van der Waals surface area contributed by atoms with E-state index in [4.69, 9.17) is 9.57 Å². The lowest BCUT2D eigenvalue weighted by Crippen LogP contribution is -2.40. The van der Waals surface area contributed by atoms with Crippen molar-refractivity contribution in [2.45, 2.75) is 38.1 Å².